The number of aryl methyl sites for hydroxylation is 1. The Morgan fingerprint density at radius 2 is 2.00 bits per heavy atom. The van der Waals surface area contributed by atoms with Crippen molar-refractivity contribution < 1.29 is 19.4 Å². The molecule has 0 aliphatic carbocycles. The summed E-state index contributed by atoms with van der Waals surface area (Å²) in [6.07, 6.45) is 1.32. The summed E-state index contributed by atoms with van der Waals surface area (Å²) in [4.78, 5) is 36.8. The van der Waals surface area contributed by atoms with Gasteiger partial charge in [-0.25, -0.2) is 4.79 Å². The first-order valence-electron chi connectivity index (χ1n) is 9.14. The molecule has 3 heterocycles. The summed E-state index contributed by atoms with van der Waals surface area (Å²) in [5.41, 5.74) is 0.766. The van der Waals surface area contributed by atoms with Crippen molar-refractivity contribution in [2.45, 2.75) is 32.7 Å². The van der Waals surface area contributed by atoms with E-state index < -0.39 is 5.97 Å². The van der Waals surface area contributed by atoms with Gasteiger partial charge < -0.3 is 25.0 Å². The van der Waals surface area contributed by atoms with Crippen LogP contribution in [0.1, 0.15) is 46.4 Å². The summed E-state index contributed by atoms with van der Waals surface area (Å²) in [6.45, 7) is 5.03. The molecule has 3 N–H and O–H groups in total. The zero-order valence-electron chi connectivity index (χ0n) is 16.0. The van der Waals surface area contributed by atoms with E-state index in [2.05, 4.69) is 20.3 Å². The second kappa shape index (κ2) is 8.87. The molecule has 11 heteroatoms. The lowest BCUT2D eigenvalue weighted by Gasteiger charge is -2.33. The fourth-order valence-electron chi connectivity index (χ4n) is 3.12. The van der Waals surface area contributed by atoms with Gasteiger partial charge in [-0.2, -0.15) is 9.97 Å². The molecule has 0 radical (unpaired) electrons. The molecule has 2 aromatic heterocycles. The van der Waals surface area contributed by atoms with Crippen molar-refractivity contribution in [1.29, 1.82) is 0 Å². The Morgan fingerprint density at radius 3 is 2.55 bits per heavy atom. The Hall–Kier alpha value is -2.52. The maximum absolute atomic E-state index is 12.5. The summed E-state index contributed by atoms with van der Waals surface area (Å²) >= 11 is 12.1. The minimum absolute atomic E-state index is 0.0338. The van der Waals surface area contributed by atoms with Crippen molar-refractivity contribution in [2.75, 3.05) is 24.6 Å². The quantitative estimate of drug-likeness (QED) is 0.629. The van der Waals surface area contributed by atoms with Crippen molar-refractivity contribution in [3.05, 3.63) is 33.2 Å². The van der Waals surface area contributed by atoms with E-state index in [4.69, 9.17) is 27.9 Å². The summed E-state index contributed by atoms with van der Waals surface area (Å²) in [5.74, 6) is -0.966. The number of anilines is 1. The highest BCUT2D eigenvalue weighted by Crippen LogP contribution is 2.29. The first kappa shape index (κ1) is 21.2. The van der Waals surface area contributed by atoms with Gasteiger partial charge in [0.15, 0.2) is 5.69 Å². The lowest BCUT2D eigenvalue weighted by molar-refractivity contribution is 0.0688. The molecule has 1 aliphatic heterocycles. The van der Waals surface area contributed by atoms with Gasteiger partial charge in [-0.1, -0.05) is 23.2 Å². The molecule has 1 saturated heterocycles. The number of nitrogens with one attached hydrogen (secondary N) is 2. The summed E-state index contributed by atoms with van der Waals surface area (Å²) < 4.78 is 5.28. The van der Waals surface area contributed by atoms with Crippen LogP contribution in [0.15, 0.2) is 6.07 Å². The number of carboxylic acids is 1. The minimum Gasteiger partial charge on any atom is -0.477 e. The van der Waals surface area contributed by atoms with Gasteiger partial charge in [-0.15, -0.1) is 0 Å². The number of hydrogen-bond acceptors (Lipinski definition) is 6. The third-order valence-electron chi connectivity index (χ3n) is 4.62. The first-order chi connectivity index (χ1) is 13.8. The van der Waals surface area contributed by atoms with Crippen LogP contribution in [0.2, 0.25) is 10.0 Å². The molecule has 29 heavy (non-hydrogen) atoms. The van der Waals surface area contributed by atoms with Crippen molar-refractivity contribution >= 4 is 40.9 Å². The molecule has 0 unspecified atom stereocenters. The zero-order chi connectivity index (χ0) is 21.1. The van der Waals surface area contributed by atoms with Gasteiger partial charge in [0, 0.05) is 30.9 Å². The van der Waals surface area contributed by atoms with Crippen LogP contribution in [-0.2, 0) is 0 Å². The van der Waals surface area contributed by atoms with E-state index in [-0.39, 0.29) is 34.4 Å². The van der Waals surface area contributed by atoms with Gasteiger partial charge in [-0.3, -0.25) is 4.79 Å². The monoisotopic (exact) mass is 441 g/mol. The Labute approximate surface area is 177 Å². The van der Waals surface area contributed by atoms with Gasteiger partial charge >= 0.3 is 12.0 Å². The minimum atomic E-state index is -1.14. The van der Waals surface area contributed by atoms with Crippen LogP contribution in [0.3, 0.4) is 0 Å². The summed E-state index contributed by atoms with van der Waals surface area (Å²) in [5, 5.41) is 12.8. The van der Waals surface area contributed by atoms with Gasteiger partial charge in [0.05, 0.1) is 16.7 Å². The molecule has 2 aromatic rings. The lowest BCUT2D eigenvalue weighted by atomic mass is 10.0. The Balaban J connectivity index is 1.65. The average Bonchev–Trinajstić information content (AvgIpc) is 2.96. The highest BCUT2D eigenvalue weighted by atomic mass is 35.5. The van der Waals surface area contributed by atoms with Gasteiger partial charge in [0.25, 0.3) is 5.91 Å². The Kier molecular flexibility index (Phi) is 6.49. The van der Waals surface area contributed by atoms with E-state index in [0.29, 0.717) is 49.1 Å². The SMILES string of the molecule is CCOc1nc(C(=O)O)cc(N2CCC(NC(=O)c3[nH]c(C)c(Cl)c3Cl)CC2)n1. The number of amides is 1. The number of hydrogen-bond donors (Lipinski definition) is 3. The molecule has 0 saturated carbocycles. The van der Waals surface area contributed by atoms with Crippen LogP contribution in [0.25, 0.3) is 0 Å². The normalized spacial score (nSPS) is 14.7. The predicted octanol–water partition coefficient (Wildman–Crippen LogP) is 2.92. The number of piperidine rings is 1. The summed E-state index contributed by atoms with van der Waals surface area (Å²) in [6, 6.07) is 1.41. The number of aromatic amines is 1. The fraction of sp³-hybridized carbons (Fsp3) is 0.444. The molecule has 0 spiro atoms. The van der Waals surface area contributed by atoms with Crippen molar-refractivity contribution in [3.63, 3.8) is 0 Å². The summed E-state index contributed by atoms with van der Waals surface area (Å²) in [7, 11) is 0. The number of ether oxygens (including phenoxy) is 1. The topological polar surface area (TPSA) is 120 Å². The van der Waals surface area contributed by atoms with Crippen LogP contribution >= 0.6 is 23.2 Å². The van der Waals surface area contributed by atoms with E-state index in [0.717, 1.165) is 0 Å². The molecule has 3 rings (SSSR count). The Morgan fingerprint density at radius 1 is 1.31 bits per heavy atom. The van der Waals surface area contributed by atoms with Crippen LogP contribution < -0.4 is 15.0 Å². The standard InChI is InChI=1S/C18H21Cl2N5O4/c1-3-29-18-23-11(17(27)28)8-12(24-18)25-6-4-10(5-7-25)22-16(26)15-14(20)13(19)9(2)21-15/h8,10,21H,3-7H2,1-2H3,(H,22,26)(H,27,28). The second-order valence-electron chi connectivity index (χ2n) is 6.62. The van der Waals surface area contributed by atoms with E-state index in [1.807, 2.05) is 4.90 Å². The maximum Gasteiger partial charge on any atom is 0.354 e. The predicted molar refractivity (Wildman–Crippen MR) is 108 cm³/mol. The van der Waals surface area contributed by atoms with E-state index in [9.17, 15) is 14.7 Å². The molecule has 1 fully saturated rings. The smallest absolute Gasteiger partial charge is 0.354 e. The molecule has 156 valence electrons. The maximum atomic E-state index is 12.5. The number of rotatable bonds is 6. The number of H-pyrrole nitrogens is 1. The molecule has 9 nitrogen and oxygen atoms in total. The van der Waals surface area contributed by atoms with Crippen molar-refractivity contribution in [3.8, 4) is 6.01 Å². The molecule has 1 amide bonds. The fourth-order valence-corrected chi connectivity index (χ4v) is 3.53. The van der Waals surface area contributed by atoms with Crippen LogP contribution in [0.5, 0.6) is 6.01 Å². The lowest BCUT2D eigenvalue weighted by Crippen LogP contribution is -2.45. The molecule has 0 bridgehead atoms. The molecule has 1 aliphatic rings. The number of aromatic carboxylic acids is 1. The number of aromatic nitrogens is 3. The molecular formula is C18H21Cl2N5O4. The van der Waals surface area contributed by atoms with Crippen molar-refractivity contribution in [1.82, 2.24) is 20.3 Å². The van der Waals surface area contributed by atoms with Crippen LogP contribution in [-0.4, -0.2) is 57.7 Å². The number of halogens is 2. The number of carboxylic acid groups (broad SMARTS) is 1. The zero-order valence-corrected chi connectivity index (χ0v) is 17.5. The number of carbonyl (C=O) groups is 2. The first-order valence-corrected chi connectivity index (χ1v) is 9.90. The Bertz CT molecular complexity index is 925. The highest BCUT2D eigenvalue weighted by Gasteiger charge is 2.25. The van der Waals surface area contributed by atoms with Gasteiger partial charge in [-0.05, 0) is 26.7 Å². The van der Waals surface area contributed by atoms with Gasteiger partial charge in [0.1, 0.15) is 11.5 Å². The van der Waals surface area contributed by atoms with E-state index >= 15 is 0 Å². The second-order valence-corrected chi connectivity index (χ2v) is 7.38. The van der Waals surface area contributed by atoms with Crippen LogP contribution in [0.4, 0.5) is 5.82 Å². The van der Waals surface area contributed by atoms with E-state index in [1.54, 1.807) is 13.8 Å². The average molecular weight is 442 g/mol. The van der Waals surface area contributed by atoms with Gasteiger partial charge in [0.2, 0.25) is 0 Å². The van der Waals surface area contributed by atoms with Crippen LogP contribution in [0, 0.1) is 6.92 Å². The third-order valence-corrected chi connectivity index (χ3v) is 5.57. The highest BCUT2D eigenvalue weighted by molar-refractivity contribution is 6.44. The largest absolute Gasteiger partial charge is 0.477 e. The molecule has 0 atom stereocenters. The molecular weight excluding hydrogens is 421 g/mol. The third kappa shape index (κ3) is 4.73. The number of nitrogens with zero attached hydrogens (tertiary/aromatic N) is 3. The number of carbonyl (C=O) groups excluding carboxylic acids is 1. The van der Waals surface area contributed by atoms with Crippen molar-refractivity contribution in [2.24, 2.45) is 0 Å². The molecule has 0 aromatic carbocycles. The van der Waals surface area contributed by atoms with E-state index in [1.165, 1.54) is 6.07 Å².